The molecule has 1 aromatic carbocycles. The monoisotopic (exact) mass is 197 g/mol. The lowest BCUT2D eigenvalue weighted by molar-refractivity contribution is -0.378. The largest absolute Gasteiger partial charge is 0.399 e. The van der Waals surface area contributed by atoms with Gasteiger partial charge in [-0.25, -0.2) is 4.98 Å². The summed E-state index contributed by atoms with van der Waals surface area (Å²) < 4.78 is 0. The number of rotatable bonds is 2. The van der Waals surface area contributed by atoms with Crippen molar-refractivity contribution >= 4 is 17.8 Å². The van der Waals surface area contributed by atoms with Crippen molar-refractivity contribution in [2.45, 2.75) is 0 Å². The van der Waals surface area contributed by atoms with Crippen LogP contribution < -0.4 is 10.7 Å². The SMILES string of the molecule is Nc1ccc(/C=C/c2cc[nH+]cc2)cc1. The number of anilines is 1. The molecule has 1 aromatic heterocycles. The second-order valence-electron chi connectivity index (χ2n) is 3.33. The van der Waals surface area contributed by atoms with Gasteiger partial charge < -0.3 is 5.73 Å². The van der Waals surface area contributed by atoms with Crippen molar-refractivity contribution in [2.75, 3.05) is 5.73 Å². The molecular weight excluding hydrogens is 184 g/mol. The summed E-state index contributed by atoms with van der Waals surface area (Å²) in [6, 6.07) is 11.8. The number of hydrogen-bond acceptors (Lipinski definition) is 1. The van der Waals surface area contributed by atoms with Gasteiger partial charge in [0, 0.05) is 17.8 Å². The summed E-state index contributed by atoms with van der Waals surface area (Å²) in [5, 5.41) is 0. The van der Waals surface area contributed by atoms with Gasteiger partial charge in [0.05, 0.1) is 0 Å². The highest BCUT2D eigenvalue weighted by Gasteiger charge is 1.89. The van der Waals surface area contributed by atoms with E-state index in [1.165, 1.54) is 5.56 Å². The van der Waals surface area contributed by atoms with Crippen molar-refractivity contribution in [1.82, 2.24) is 0 Å². The van der Waals surface area contributed by atoms with Crippen LogP contribution in [0.25, 0.3) is 12.2 Å². The van der Waals surface area contributed by atoms with Crippen LogP contribution in [0.15, 0.2) is 48.8 Å². The lowest BCUT2D eigenvalue weighted by Gasteiger charge is -1.94. The van der Waals surface area contributed by atoms with E-state index in [-0.39, 0.29) is 0 Å². The fourth-order valence-electron chi connectivity index (χ4n) is 1.31. The predicted molar refractivity (Wildman–Crippen MR) is 62.8 cm³/mol. The summed E-state index contributed by atoms with van der Waals surface area (Å²) in [5.74, 6) is 0. The van der Waals surface area contributed by atoms with Crippen molar-refractivity contribution in [3.8, 4) is 0 Å². The first kappa shape index (κ1) is 9.46. The molecule has 0 unspecified atom stereocenters. The van der Waals surface area contributed by atoms with Crippen LogP contribution in [0.1, 0.15) is 11.1 Å². The molecule has 0 saturated heterocycles. The van der Waals surface area contributed by atoms with E-state index >= 15 is 0 Å². The molecule has 0 saturated carbocycles. The summed E-state index contributed by atoms with van der Waals surface area (Å²) in [5.41, 5.74) is 8.72. The van der Waals surface area contributed by atoms with Crippen LogP contribution in [0.2, 0.25) is 0 Å². The van der Waals surface area contributed by atoms with Gasteiger partial charge in [0.1, 0.15) is 0 Å². The predicted octanol–water partition coefficient (Wildman–Crippen LogP) is 2.25. The number of nitrogens with one attached hydrogen (secondary N) is 1. The van der Waals surface area contributed by atoms with Gasteiger partial charge in [-0.05, 0) is 23.3 Å². The highest BCUT2D eigenvalue weighted by molar-refractivity contribution is 5.69. The quantitative estimate of drug-likeness (QED) is 0.737. The topological polar surface area (TPSA) is 40.2 Å². The zero-order valence-corrected chi connectivity index (χ0v) is 8.35. The van der Waals surface area contributed by atoms with Crippen molar-refractivity contribution in [2.24, 2.45) is 0 Å². The van der Waals surface area contributed by atoms with Crippen LogP contribution in [-0.4, -0.2) is 0 Å². The molecule has 0 fully saturated rings. The second kappa shape index (κ2) is 4.42. The van der Waals surface area contributed by atoms with Crippen LogP contribution >= 0.6 is 0 Å². The summed E-state index contributed by atoms with van der Waals surface area (Å²) in [7, 11) is 0. The Morgan fingerprint density at radius 2 is 1.33 bits per heavy atom. The third-order valence-corrected chi connectivity index (χ3v) is 2.15. The van der Waals surface area contributed by atoms with Gasteiger partial charge in [0.25, 0.3) is 0 Å². The highest BCUT2D eigenvalue weighted by atomic mass is 14.6. The molecule has 1 heterocycles. The first-order valence-corrected chi connectivity index (χ1v) is 4.84. The third kappa shape index (κ3) is 2.68. The zero-order valence-electron chi connectivity index (χ0n) is 8.35. The molecule has 0 bridgehead atoms. The number of aromatic nitrogens is 1. The Balaban J connectivity index is 2.15. The average molecular weight is 197 g/mol. The highest BCUT2D eigenvalue weighted by Crippen LogP contribution is 2.09. The number of nitrogen functional groups attached to an aromatic ring is 1. The maximum absolute atomic E-state index is 5.61. The van der Waals surface area contributed by atoms with Crippen molar-refractivity contribution in [1.29, 1.82) is 0 Å². The number of H-pyrrole nitrogens is 1. The molecular formula is C13H13N2+. The van der Waals surface area contributed by atoms with Crippen molar-refractivity contribution < 1.29 is 4.98 Å². The minimum Gasteiger partial charge on any atom is -0.399 e. The van der Waals surface area contributed by atoms with Crippen LogP contribution in [0.4, 0.5) is 5.69 Å². The van der Waals surface area contributed by atoms with E-state index in [0.29, 0.717) is 0 Å². The fourth-order valence-corrected chi connectivity index (χ4v) is 1.31. The Morgan fingerprint density at radius 3 is 1.93 bits per heavy atom. The number of nitrogens with two attached hydrogens (primary N) is 1. The molecule has 3 N–H and O–H groups in total. The molecule has 0 aliphatic rings. The summed E-state index contributed by atoms with van der Waals surface area (Å²) >= 11 is 0. The van der Waals surface area contributed by atoms with Crippen LogP contribution in [0, 0.1) is 0 Å². The zero-order chi connectivity index (χ0) is 10.5. The second-order valence-corrected chi connectivity index (χ2v) is 3.33. The van der Waals surface area contributed by atoms with Gasteiger partial charge in [-0.2, -0.15) is 0 Å². The molecule has 15 heavy (non-hydrogen) atoms. The van der Waals surface area contributed by atoms with E-state index in [1.807, 2.05) is 48.8 Å². The Kier molecular flexibility index (Phi) is 2.79. The summed E-state index contributed by atoms with van der Waals surface area (Å²) in [6.45, 7) is 0. The smallest absolute Gasteiger partial charge is 0.167 e. The van der Waals surface area contributed by atoms with E-state index in [9.17, 15) is 0 Å². The lowest BCUT2D eigenvalue weighted by Crippen LogP contribution is -1.96. The van der Waals surface area contributed by atoms with Crippen LogP contribution in [0.5, 0.6) is 0 Å². The van der Waals surface area contributed by atoms with Gasteiger partial charge in [0.15, 0.2) is 12.4 Å². The first-order valence-electron chi connectivity index (χ1n) is 4.84. The Morgan fingerprint density at radius 1 is 0.800 bits per heavy atom. The standard InChI is InChI=1S/C13H12N2/c14-13-5-3-11(4-6-13)1-2-12-7-9-15-10-8-12/h1-10H,14H2/p+1/b2-1+. The molecule has 0 aliphatic carbocycles. The molecule has 2 nitrogen and oxygen atoms in total. The number of benzene rings is 1. The van der Waals surface area contributed by atoms with Crippen LogP contribution in [0.3, 0.4) is 0 Å². The van der Waals surface area contributed by atoms with E-state index in [2.05, 4.69) is 17.1 Å². The molecule has 74 valence electrons. The number of aromatic amines is 1. The third-order valence-electron chi connectivity index (χ3n) is 2.15. The van der Waals surface area contributed by atoms with E-state index < -0.39 is 0 Å². The van der Waals surface area contributed by atoms with Crippen molar-refractivity contribution in [3.63, 3.8) is 0 Å². The van der Waals surface area contributed by atoms with Gasteiger partial charge in [-0.3, -0.25) is 0 Å². The lowest BCUT2D eigenvalue weighted by atomic mass is 10.1. The molecule has 0 atom stereocenters. The van der Waals surface area contributed by atoms with Gasteiger partial charge in [0.2, 0.25) is 0 Å². The molecule has 2 rings (SSSR count). The van der Waals surface area contributed by atoms with E-state index in [0.717, 1.165) is 11.3 Å². The fraction of sp³-hybridized carbons (Fsp3) is 0. The van der Waals surface area contributed by atoms with Crippen molar-refractivity contribution in [3.05, 3.63) is 59.9 Å². The minimum absolute atomic E-state index is 0.793. The molecule has 2 aromatic rings. The Labute approximate surface area is 89.1 Å². The first-order chi connectivity index (χ1) is 7.34. The maximum Gasteiger partial charge on any atom is 0.167 e. The number of pyridine rings is 1. The molecule has 0 aliphatic heterocycles. The maximum atomic E-state index is 5.61. The molecule has 0 radical (unpaired) electrons. The molecule has 2 heteroatoms. The van der Waals surface area contributed by atoms with Crippen LogP contribution in [-0.2, 0) is 0 Å². The normalized spacial score (nSPS) is 10.7. The molecule has 0 spiro atoms. The summed E-state index contributed by atoms with van der Waals surface area (Å²) in [6.07, 6.45) is 7.94. The summed E-state index contributed by atoms with van der Waals surface area (Å²) in [4.78, 5) is 2.99. The van der Waals surface area contributed by atoms with E-state index in [1.54, 1.807) is 0 Å². The molecule has 0 amide bonds. The number of hydrogen-bond donors (Lipinski definition) is 1. The van der Waals surface area contributed by atoms with E-state index in [4.69, 9.17) is 5.73 Å². The minimum atomic E-state index is 0.793. The van der Waals surface area contributed by atoms with Gasteiger partial charge in [-0.15, -0.1) is 0 Å². The Bertz CT molecular complexity index is 444. The Hall–Kier alpha value is -2.09. The van der Waals surface area contributed by atoms with Gasteiger partial charge in [-0.1, -0.05) is 24.3 Å². The van der Waals surface area contributed by atoms with Gasteiger partial charge >= 0.3 is 0 Å². The average Bonchev–Trinajstić information content (AvgIpc) is 2.30.